The molecule has 146 valence electrons. The Kier molecular flexibility index (Phi) is 6.11. The molecule has 1 heterocycles. The van der Waals surface area contributed by atoms with Crippen molar-refractivity contribution >= 4 is 29.1 Å². The lowest BCUT2D eigenvalue weighted by Crippen LogP contribution is -2.32. The van der Waals surface area contributed by atoms with Gasteiger partial charge in [-0.15, -0.1) is 0 Å². The van der Waals surface area contributed by atoms with Gasteiger partial charge in [-0.25, -0.2) is 4.68 Å². The van der Waals surface area contributed by atoms with Crippen molar-refractivity contribution in [3.05, 3.63) is 69.3 Å². The summed E-state index contributed by atoms with van der Waals surface area (Å²) in [5.74, 6) is -0.0707. The van der Waals surface area contributed by atoms with Crippen molar-refractivity contribution in [2.45, 2.75) is 27.7 Å². The molecule has 0 unspecified atom stereocenters. The fourth-order valence-electron chi connectivity index (χ4n) is 3.06. The van der Waals surface area contributed by atoms with Crippen molar-refractivity contribution in [1.29, 1.82) is 0 Å². The quantitative estimate of drug-likeness (QED) is 0.516. The highest BCUT2D eigenvalue weighted by atomic mass is 35.5. The molecule has 4 nitrogen and oxygen atoms in total. The average Bonchev–Trinajstić information content (AvgIpc) is 3.12. The third kappa shape index (κ3) is 3.94. The number of halogens is 2. The van der Waals surface area contributed by atoms with Gasteiger partial charge in [0.05, 0.1) is 21.4 Å². The summed E-state index contributed by atoms with van der Waals surface area (Å²) in [6, 6.07) is 13.3. The van der Waals surface area contributed by atoms with E-state index in [1.54, 1.807) is 21.7 Å². The molecule has 28 heavy (non-hydrogen) atoms. The molecule has 6 heteroatoms. The molecule has 3 aromatic rings. The predicted molar refractivity (Wildman–Crippen MR) is 116 cm³/mol. The molecule has 0 aliphatic heterocycles. The molecule has 0 saturated heterocycles. The second-order valence-electron chi connectivity index (χ2n) is 6.70. The normalized spacial score (nSPS) is 10.9. The smallest absolute Gasteiger partial charge is 0.272 e. The van der Waals surface area contributed by atoms with E-state index in [2.05, 4.69) is 26.0 Å². The lowest BCUT2D eigenvalue weighted by molar-refractivity contribution is 0.0764. The van der Waals surface area contributed by atoms with Gasteiger partial charge >= 0.3 is 0 Å². The van der Waals surface area contributed by atoms with Crippen molar-refractivity contribution in [1.82, 2.24) is 14.7 Å². The van der Waals surface area contributed by atoms with Crippen LogP contribution in [0.4, 0.5) is 0 Å². The highest BCUT2D eigenvalue weighted by Gasteiger charge is 2.21. The van der Waals surface area contributed by atoms with Gasteiger partial charge in [-0.1, -0.05) is 35.3 Å². The Hall–Kier alpha value is -2.30. The molecule has 0 saturated carbocycles. The third-order valence-electron chi connectivity index (χ3n) is 4.93. The van der Waals surface area contributed by atoms with E-state index in [0.717, 1.165) is 11.3 Å². The monoisotopic (exact) mass is 415 g/mol. The molecule has 0 bridgehead atoms. The molecule has 0 fully saturated rings. The van der Waals surface area contributed by atoms with Crippen molar-refractivity contribution in [2.24, 2.45) is 0 Å². The van der Waals surface area contributed by atoms with Crippen LogP contribution in [-0.2, 0) is 0 Å². The van der Waals surface area contributed by atoms with Crippen LogP contribution in [0.25, 0.3) is 16.9 Å². The number of aromatic nitrogens is 2. The number of aryl methyl sites for hydroxylation is 2. The Bertz CT molecular complexity index is 1020. The van der Waals surface area contributed by atoms with Crippen molar-refractivity contribution in [3.8, 4) is 16.9 Å². The third-order valence-corrected chi connectivity index (χ3v) is 5.67. The minimum Gasteiger partial charge on any atom is -0.338 e. The molecule has 0 spiro atoms. The van der Waals surface area contributed by atoms with Crippen LogP contribution in [0.2, 0.25) is 10.0 Å². The first kappa shape index (κ1) is 20.4. The molecular formula is C22H23Cl2N3O. The molecule has 0 atom stereocenters. The summed E-state index contributed by atoms with van der Waals surface area (Å²) in [4.78, 5) is 14.9. The second-order valence-corrected chi connectivity index (χ2v) is 7.52. The average molecular weight is 416 g/mol. The molecule has 3 rings (SSSR count). The van der Waals surface area contributed by atoms with E-state index in [4.69, 9.17) is 28.3 Å². The molecule has 0 aliphatic carbocycles. The van der Waals surface area contributed by atoms with Gasteiger partial charge in [0.25, 0.3) is 5.91 Å². The van der Waals surface area contributed by atoms with Gasteiger partial charge in [0, 0.05) is 18.7 Å². The van der Waals surface area contributed by atoms with Gasteiger partial charge in [0.2, 0.25) is 0 Å². The van der Waals surface area contributed by atoms with Gasteiger partial charge in [-0.3, -0.25) is 4.79 Å². The highest BCUT2D eigenvalue weighted by molar-refractivity contribution is 6.42. The summed E-state index contributed by atoms with van der Waals surface area (Å²) in [5.41, 5.74) is 5.29. The number of carbonyl (C=O) groups is 1. The summed E-state index contributed by atoms with van der Waals surface area (Å²) in [7, 11) is 0. The fraction of sp³-hybridized carbons (Fsp3) is 0.273. The van der Waals surface area contributed by atoms with E-state index in [-0.39, 0.29) is 5.91 Å². The van der Waals surface area contributed by atoms with Crippen molar-refractivity contribution < 1.29 is 4.79 Å². The van der Waals surface area contributed by atoms with Crippen LogP contribution in [0, 0.1) is 13.8 Å². The maximum absolute atomic E-state index is 13.1. The second kappa shape index (κ2) is 8.38. The maximum Gasteiger partial charge on any atom is 0.272 e. The van der Waals surface area contributed by atoms with E-state index in [0.29, 0.717) is 34.5 Å². The molecule has 0 aliphatic rings. The summed E-state index contributed by atoms with van der Waals surface area (Å²) in [6.45, 7) is 9.32. The highest BCUT2D eigenvalue weighted by Crippen LogP contribution is 2.28. The number of nitrogens with zero attached hydrogens (tertiary/aromatic N) is 3. The van der Waals surface area contributed by atoms with Gasteiger partial charge < -0.3 is 4.90 Å². The Labute approximate surface area is 175 Å². The van der Waals surface area contributed by atoms with E-state index < -0.39 is 0 Å². The minimum absolute atomic E-state index is 0.0707. The lowest BCUT2D eigenvalue weighted by Gasteiger charge is -2.19. The van der Waals surface area contributed by atoms with Gasteiger partial charge in [0.1, 0.15) is 5.69 Å². The number of carbonyl (C=O) groups excluding carboxylic acids is 1. The lowest BCUT2D eigenvalue weighted by atomic mass is 10.0. The van der Waals surface area contributed by atoms with Gasteiger partial charge in [-0.2, -0.15) is 5.10 Å². The van der Waals surface area contributed by atoms with Crippen molar-refractivity contribution in [2.75, 3.05) is 13.1 Å². The number of amides is 1. The standard InChI is InChI=1S/C22H23Cl2N3O/c1-5-26(6-2)22(28)21-13-20(16-8-7-14(3)15(4)11-16)25-27(21)17-9-10-18(23)19(24)12-17/h7-13H,5-6H2,1-4H3. The Balaban J connectivity index is 2.17. The Morgan fingerprint density at radius 3 is 2.29 bits per heavy atom. The van der Waals surface area contributed by atoms with Crippen LogP contribution in [0.3, 0.4) is 0 Å². The zero-order valence-electron chi connectivity index (χ0n) is 16.5. The minimum atomic E-state index is -0.0707. The van der Waals surface area contributed by atoms with Crippen LogP contribution in [0.5, 0.6) is 0 Å². The van der Waals surface area contributed by atoms with Crippen LogP contribution in [0.15, 0.2) is 42.5 Å². The fourth-order valence-corrected chi connectivity index (χ4v) is 3.35. The number of rotatable bonds is 5. The molecule has 0 radical (unpaired) electrons. The zero-order chi connectivity index (χ0) is 20.4. The number of benzene rings is 2. The largest absolute Gasteiger partial charge is 0.338 e. The first-order valence-corrected chi connectivity index (χ1v) is 10.0. The SMILES string of the molecule is CCN(CC)C(=O)c1cc(-c2ccc(C)c(C)c2)nn1-c1ccc(Cl)c(Cl)c1. The molecule has 2 aromatic carbocycles. The van der Waals surface area contributed by atoms with Crippen LogP contribution in [0.1, 0.15) is 35.5 Å². The first-order chi connectivity index (χ1) is 13.3. The van der Waals surface area contributed by atoms with E-state index in [1.165, 1.54) is 11.1 Å². The summed E-state index contributed by atoms with van der Waals surface area (Å²) >= 11 is 12.3. The zero-order valence-corrected chi connectivity index (χ0v) is 18.0. The van der Waals surface area contributed by atoms with E-state index >= 15 is 0 Å². The molecule has 1 aromatic heterocycles. The number of hydrogen-bond donors (Lipinski definition) is 0. The van der Waals surface area contributed by atoms with Gasteiger partial charge in [-0.05, 0) is 69.2 Å². The first-order valence-electron chi connectivity index (χ1n) is 9.28. The Morgan fingerprint density at radius 1 is 0.964 bits per heavy atom. The molecule has 1 amide bonds. The molecular weight excluding hydrogens is 393 g/mol. The van der Waals surface area contributed by atoms with E-state index in [9.17, 15) is 4.79 Å². The summed E-state index contributed by atoms with van der Waals surface area (Å²) < 4.78 is 1.65. The summed E-state index contributed by atoms with van der Waals surface area (Å²) in [5, 5.41) is 5.61. The van der Waals surface area contributed by atoms with Crippen LogP contribution >= 0.6 is 23.2 Å². The molecule has 0 N–H and O–H groups in total. The summed E-state index contributed by atoms with van der Waals surface area (Å²) in [6.07, 6.45) is 0. The van der Waals surface area contributed by atoms with Crippen LogP contribution < -0.4 is 0 Å². The Morgan fingerprint density at radius 2 is 1.68 bits per heavy atom. The topological polar surface area (TPSA) is 38.1 Å². The van der Waals surface area contributed by atoms with Gasteiger partial charge in [0.15, 0.2) is 0 Å². The van der Waals surface area contributed by atoms with E-state index in [1.807, 2.05) is 32.0 Å². The number of hydrogen-bond acceptors (Lipinski definition) is 2. The maximum atomic E-state index is 13.1. The van der Waals surface area contributed by atoms with Crippen LogP contribution in [-0.4, -0.2) is 33.7 Å². The predicted octanol–water partition coefficient (Wildman–Crippen LogP) is 5.94. The van der Waals surface area contributed by atoms with Crippen molar-refractivity contribution in [3.63, 3.8) is 0 Å².